The minimum Gasteiger partial charge on any atom is -0.319 e. The zero-order valence-electron chi connectivity index (χ0n) is 11.2. The number of rotatable bonds is 3. The van der Waals surface area contributed by atoms with Gasteiger partial charge in [0.1, 0.15) is 15.4 Å². The van der Waals surface area contributed by atoms with Gasteiger partial charge < -0.3 is 4.57 Å². The van der Waals surface area contributed by atoms with Crippen LogP contribution in [0.2, 0.25) is 0 Å². The van der Waals surface area contributed by atoms with Crippen molar-refractivity contribution in [2.75, 3.05) is 0 Å². The normalized spacial score (nSPS) is 12.3. The van der Waals surface area contributed by atoms with Crippen molar-refractivity contribution in [2.45, 2.75) is 5.38 Å². The highest BCUT2D eigenvalue weighted by molar-refractivity contribution is 7.15. The van der Waals surface area contributed by atoms with Crippen LogP contribution in [0.25, 0.3) is 10.6 Å². The highest BCUT2D eigenvalue weighted by atomic mass is 35.5. The van der Waals surface area contributed by atoms with Crippen LogP contribution in [0.4, 0.5) is 0 Å². The smallest absolute Gasteiger partial charge is 0.250 e. The highest BCUT2D eigenvalue weighted by Gasteiger charge is 2.16. The molecule has 3 aromatic rings. The largest absolute Gasteiger partial charge is 0.319 e. The predicted molar refractivity (Wildman–Crippen MR) is 84.7 cm³/mol. The fourth-order valence-electron chi connectivity index (χ4n) is 1.90. The second-order valence-electron chi connectivity index (χ2n) is 4.58. The topological polar surface area (TPSA) is 47.8 Å². The van der Waals surface area contributed by atoms with Gasteiger partial charge in [-0.25, -0.2) is 0 Å². The van der Waals surface area contributed by atoms with Crippen LogP contribution in [0.1, 0.15) is 15.9 Å². The summed E-state index contributed by atoms with van der Waals surface area (Å²) in [5.41, 5.74) is 1.67. The second kappa shape index (κ2) is 5.79. The summed E-state index contributed by atoms with van der Waals surface area (Å²) in [6.45, 7) is 0. The Hall–Kier alpha value is -1.98. The van der Waals surface area contributed by atoms with Crippen molar-refractivity contribution in [2.24, 2.45) is 7.05 Å². The quantitative estimate of drug-likeness (QED) is 0.697. The third kappa shape index (κ3) is 2.89. The van der Waals surface area contributed by atoms with Gasteiger partial charge in [0.25, 0.3) is 5.56 Å². The van der Waals surface area contributed by atoms with Crippen molar-refractivity contribution in [3.63, 3.8) is 0 Å². The number of aromatic nitrogens is 3. The summed E-state index contributed by atoms with van der Waals surface area (Å²) in [5.74, 6) is 0. The molecule has 6 heteroatoms. The first-order valence-corrected chi connectivity index (χ1v) is 7.60. The Labute approximate surface area is 130 Å². The van der Waals surface area contributed by atoms with E-state index in [0.717, 1.165) is 16.1 Å². The number of pyridine rings is 1. The van der Waals surface area contributed by atoms with Crippen molar-refractivity contribution >= 4 is 22.9 Å². The molecule has 1 unspecified atom stereocenters. The van der Waals surface area contributed by atoms with Gasteiger partial charge >= 0.3 is 0 Å². The summed E-state index contributed by atoms with van der Waals surface area (Å²) in [6.07, 6.45) is 1.72. The van der Waals surface area contributed by atoms with Crippen molar-refractivity contribution < 1.29 is 0 Å². The lowest BCUT2D eigenvalue weighted by Gasteiger charge is -2.04. The van der Waals surface area contributed by atoms with Gasteiger partial charge in [0, 0.05) is 24.9 Å². The Morgan fingerprint density at radius 1 is 1.19 bits per heavy atom. The number of aryl methyl sites for hydroxylation is 1. The van der Waals surface area contributed by atoms with Crippen LogP contribution < -0.4 is 5.56 Å². The number of alkyl halides is 1. The molecule has 0 spiro atoms. The molecule has 0 saturated carbocycles. The number of nitrogens with zero attached hydrogens (tertiary/aromatic N) is 3. The third-order valence-corrected chi connectivity index (χ3v) is 4.73. The molecule has 0 aliphatic heterocycles. The fourth-order valence-corrected chi connectivity index (χ4v) is 3.07. The zero-order valence-corrected chi connectivity index (χ0v) is 12.8. The van der Waals surface area contributed by atoms with Crippen LogP contribution in [-0.2, 0) is 7.05 Å². The Morgan fingerprint density at radius 3 is 2.67 bits per heavy atom. The maximum Gasteiger partial charge on any atom is 0.250 e. The average molecular weight is 318 g/mol. The van der Waals surface area contributed by atoms with Gasteiger partial charge in [0.05, 0.1) is 0 Å². The van der Waals surface area contributed by atoms with Gasteiger partial charge in [-0.1, -0.05) is 41.7 Å². The molecule has 1 aromatic carbocycles. The summed E-state index contributed by atoms with van der Waals surface area (Å²) in [7, 11) is 1.71. The molecule has 0 amide bonds. The monoisotopic (exact) mass is 317 g/mol. The van der Waals surface area contributed by atoms with E-state index in [1.54, 1.807) is 19.3 Å². The van der Waals surface area contributed by atoms with Gasteiger partial charge in [-0.3, -0.25) is 4.79 Å². The van der Waals surface area contributed by atoms with Crippen LogP contribution in [0.3, 0.4) is 0 Å². The molecule has 0 aliphatic rings. The second-order valence-corrected chi connectivity index (χ2v) is 6.03. The fraction of sp³-hybridized carbons (Fsp3) is 0.133. The van der Waals surface area contributed by atoms with Crippen LogP contribution in [0, 0.1) is 0 Å². The van der Waals surface area contributed by atoms with Crippen LogP contribution in [0.5, 0.6) is 0 Å². The molecule has 0 saturated heterocycles. The molecule has 106 valence electrons. The van der Waals surface area contributed by atoms with Crippen molar-refractivity contribution in [3.05, 3.63) is 69.6 Å². The van der Waals surface area contributed by atoms with E-state index < -0.39 is 0 Å². The summed E-state index contributed by atoms with van der Waals surface area (Å²) in [4.78, 5) is 11.7. The van der Waals surface area contributed by atoms with E-state index in [9.17, 15) is 4.79 Å². The summed E-state index contributed by atoms with van der Waals surface area (Å²) in [6, 6.07) is 13.1. The van der Waals surface area contributed by atoms with Gasteiger partial charge in [-0.15, -0.1) is 21.8 Å². The molecular weight excluding hydrogens is 306 g/mol. The molecule has 0 fully saturated rings. The van der Waals surface area contributed by atoms with E-state index in [4.69, 9.17) is 11.6 Å². The van der Waals surface area contributed by atoms with Crippen molar-refractivity contribution in [1.82, 2.24) is 14.8 Å². The minimum atomic E-state index is -0.330. The molecule has 2 heterocycles. The first kappa shape index (κ1) is 14.0. The molecule has 4 nitrogen and oxygen atoms in total. The van der Waals surface area contributed by atoms with Gasteiger partial charge in [-0.05, 0) is 11.6 Å². The molecule has 0 aliphatic carbocycles. The van der Waals surface area contributed by atoms with Gasteiger partial charge in [0.15, 0.2) is 0 Å². The Bertz CT molecular complexity index is 813. The zero-order chi connectivity index (χ0) is 14.8. The number of halogens is 1. The van der Waals surface area contributed by atoms with E-state index in [-0.39, 0.29) is 10.9 Å². The number of hydrogen-bond donors (Lipinski definition) is 0. The number of benzene rings is 1. The molecule has 3 rings (SSSR count). The molecule has 2 aromatic heterocycles. The predicted octanol–water partition coefficient (Wildman–Crippen LogP) is 3.23. The average Bonchev–Trinajstić information content (AvgIpc) is 3.00. The highest BCUT2D eigenvalue weighted by Crippen LogP contribution is 2.33. The lowest BCUT2D eigenvalue weighted by atomic mass is 10.1. The summed E-state index contributed by atoms with van der Waals surface area (Å²) >= 11 is 7.83. The third-order valence-electron chi connectivity index (χ3n) is 3.10. The Balaban J connectivity index is 1.93. The SMILES string of the molecule is Cn1ccc(-c2nnc(C(Cl)c3ccccc3)s2)cc1=O. The van der Waals surface area contributed by atoms with Crippen molar-refractivity contribution in [1.29, 1.82) is 0 Å². The summed E-state index contributed by atoms with van der Waals surface area (Å²) < 4.78 is 1.51. The molecule has 0 bridgehead atoms. The van der Waals surface area contributed by atoms with E-state index in [1.165, 1.54) is 15.9 Å². The standard InChI is InChI=1S/C15H12ClN3OS/c1-19-8-7-11(9-12(19)20)14-17-18-15(21-14)13(16)10-5-3-2-4-6-10/h2-9,13H,1H3. The maximum absolute atomic E-state index is 11.7. The first-order chi connectivity index (χ1) is 10.1. The maximum atomic E-state index is 11.7. The van der Waals surface area contributed by atoms with Gasteiger partial charge in [-0.2, -0.15) is 0 Å². The van der Waals surface area contributed by atoms with Crippen LogP contribution in [0.15, 0.2) is 53.5 Å². The molecule has 21 heavy (non-hydrogen) atoms. The van der Waals surface area contributed by atoms with E-state index in [1.807, 2.05) is 36.4 Å². The minimum absolute atomic E-state index is 0.0743. The van der Waals surface area contributed by atoms with Gasteiger partial charge in [0.2, 0.25) is 0 Å². The Kier molecular flexibility index (Phi) is 3.86. The van der Waals surface area contributed by atoms with Crippen LogP contribution in [-0.4, -0.2) is 14.8 Å². The van der Waals surface area contributed by atoms with Crippen molar-refractivity contribution in [3.8, 4) is 10.6 Å². The van der Waals surface area contributed by atoms with E-state index >= 15 is 0 Å². The molecule has 0 radical (unpaired) electrons. The van der Waals surface area contributed by atoms with Crippen LogP contribution >= 0.6 is 22.9 Å². The van der Waals surface area contributed by atoms with E-state index in [0.29, 0.717) is 5.01 Å². The number of hydrogen-bond acceptors (Lipinski definition) is 4. The summed E-state index contributed by atoms with van der Waals surface area (Å²) in [5, 5.41) is 9.38. The van der Waals surface area contributed by atoms with E-state index in [2.05, 4.69) is 10.2 Å². The lowest BCUT2D eigenvalue weighted by molar-refractivity contribution is 0.861. The molecule has 0 N–H and O–H groups in total. The lowest BCUT2D eigenvalue weighted by Crippen LogP contribution is -2.13. The molecule has 1 atom stereocenters. The first-order valence-electron chi connectivity index (χ1n) is 6.34. The molecular formula is C15H12ClN3OS. The Morgan fingerprint density at radius 2 is 1.95 bits per heavy atom.